The monoisotopic (exact) mass is 428 g/mol. The lowest BCUT2D eigenvalue weighted by Gasteiger charge is -2.30. The van der Waals surface area contributed by atoms with Crippen molar-refractivity contribution in [1.29, 1.82) is 0 Å². The highest BCUT2D eigenvalue weighted by atomic mass is 32.2. The van der Waals surface area contributed by atoms with E-state index in [0.29, 0.717) is 11.3 Å². The van der Waals surface area contributed by atoms with Gasteiger partial charge in [-0.3, -0.25) is 9.69 Å². The van der Waals surface area contributed by atoms with E-state index in [1.807, 2.05) is 48.5 Å². The maximum atomic E-state index is 13.1. The Morgan fingerprint density at radius 2 is 1.55 bits per heavy atom. The molecule has 0 radical (unpaired) electrons. The predicted molar refractivity (Wildman–Crippen MR) is 116 cm³/mol. The van der Waals surface area contributed by atoms with Gasteiger partial charge in [0.1, 0.15) is 0 Å². The highest BCUT2D eigenvalue weighted by Gasteiger charge is 2.28. The SMILES string of the molecule is O=C(OCC(=O)N1c2ccccc2Sc2ccccc21)c1ccc(-c2cnco2)cc1. The smallest absolute Gasteiger partial charge is 0.338 e. The maximum absolute atomic E-state index is 13.1. The maximum Gasteiger partial charge on any atom is 0.338 e. The molecule has 5 rings (SSSR count). The van der Waals surface area contributed by atoms with Gasteiger partial charge in [-0.1, -0.05) is 48.2 Å². The number of benzene rings is 3. The molecule has 4 aromatic rings. The Morgan fingerprint density at radius 1 is 0.903 bits per heavy atom. The van der Waals surface area contributed by atoms with Gasteiger partial charge in [-0.05, 0) is 36.4 Å². The molecule has 0 aliphatic carbocycles. The molecule has 0 bridgehead atoms. The molecule has 152 valence electrons. The molecule has 1 aliphatic rings. The van der Waals surface area contributed by atoms with E-state index in [1.165, 1.54) is 6.39 Å². The van der Waals surface area contributed by atoms with Crippen molar-refractivity contribution in [3.8, 4) is 11.3 Å². The number of amides is 1. The van der Waals surface area contributed by atoms with Crippen LogP contribution in [0.4, 0.5) is 11.4 Å². The fourth-order valence-corrected chi connectivity index (χ4v) is 4.44. The van der Waals surface area contributed by atoms with Crippen LogP contribution in [-0.4, -0.2) is 23.5 Å². The molecule has 0 spiro atoms. The molecule has 6 nitrogen and oxygen atoms in total. The molecule has 31 heavy (non-hydrogen) atoms. The number of fused-ring (bicyclic) bond motifs is 2. The van der Waals surface area contributed by atoms with Gasteiger partial charge >= 0.3 is 5.97 Å². The molecule has 0 saturated heterocycles. The summed E-state index contributed by atoms with van der Waals surface area (Å²) in [6.07, 6.45) is 2.94. The molecular weight excluding hydrogens is 412 g/mol. The minimum atomic E-state index is -0.564. The number of hydrogen-bond acceptors (Lipinski definition) is 6. The van der Waals surface area contributed by atoms with Gasteiger partial charge < -0.3 is 9.15 Å². The summed E-state index contributed by atoms with van der Waals surface area (Å²) in [5.74, 6) is -0.271. The molecule has 1 aliphatic heterocycles. The number of carbonyl (C=O) groups excluding carboxylic acids is 2. The molecule has 0 fully saturated rings. The second kappa shape index (κ2) is 8.12. The van der Waals surface area contributed by atoms with E-state index in [0.717, 1.165) is 26.7 Å². The summed E-state index contributed by atoms with van der Waals surface area (Å²) in [7, 11) is 0. The van der Waals surface area contributed by atoms with Gasteiger partial charge in [-0.25, -0.2) is 9.78 Å². The minimum absolute atomic E-state index is 0.313. The number of esters is 1. The van der Waals surface area contributed by atoms with Gasteiger partial charge in [0, 0.05) is 15.4 Å². The minimum Gasteiger partial charge on any atom is -0.452 e. The van der Waals surface area contributed by atoms with Crippen molar-refractivity contribution in [3.05, 3.63) is 91.0 Å². The standard InChI is InChI=1S/C24H16N2O4S/c27-23(14-29-24(28)17-11-9-16(10-12-17)20-13-25-15-30-20)26-18-5-1-3-7-21(18)31-22-8-4-2-6-19(22)26/h1-13,15H,14H2. The molecule has 1 amide bonds. The zero-order valence-corrected chi connectivity index (χ0v) is 17.0. The summed E-state index contributed by atoms with van der Waals surface area (Å²) in [6.45, 7) is -0.365. The third-order valence-electron chi connectivity index (χ3n) is 4.85. The average Bonchev–Trinajstić information content (AvgIpc) is 3.36. The third kappa shape index (κ3) is 3.71. The van der Waals surface area contributed by atoms with E-state index in [1.54, 1.807) is 47.1 Å². The Balaban J connectivity index is 1.32. The number of rotatable bonds is 4. The van der Waals surface area contributed by atoms with Gasteiger partial charge in [-0.15, -0.1) is 0 Å². The van der Waals surface area contributed by atoms with E-state index in [9.17, 15) is 9.59 Å². The van der Waals surface area contributed by atoms with Crippen LogP contribution in [0.25, 0.3) is 11.3 Å². The van der Waals surface area contributed by atoms with Crippen LogP contribution in [0, 0.1) is 0 Å². The lowest BCUT2D eigenvalue weighted by Crippen LogP contribution is -2.32. The molecule has 2 heterocycles. The Morgan fingerprint density at radius 3 is 2.16 bits per heavy atom. The second-order valence-corrected chi connectivity index (χ2v) is 7.87. The normalized spacial score (nSPS) is 12.1. The fraction of sp³-hybridized carbons (Fsp3) is 0.0417. The average molecular weight is 428 g/mol. The first-order chi connectivity index (χ1) is 15.2. The Hall–Kier alpha value is -3.84. The zero-order valence-electron chi connectivity index (χ0n) is 16.2. The number of aromatic nitrogens is 1. The number of nitrogens with zero attached hydrogens (tertiary/aromatic N) is 2. The quantitative estimate of drug-likeness (QED) is 0.409. The summed E-state index contributed by atoms with van der Waals surface area (Å²) in [5.41, 5.74) is 2.71. The molecule has 0 saturated carbocycles. The van der Waals surface area contributed by atoms with E-state index >= 15 is 0 Å². The molecule has 0 unspecified atom stereocenters. The number of carbonyl (C=O) groups is 2. The largest absolute Gasteiger partial charge is 0.452 e. The van der Waals surface area contributed by atoms with E-state index < -0.39 is 5.97 Å². The van der Waals surface area contributed by atoms with Gasteiger partial charge in [-0.2, -0.15) is 0 Å². The van der Waals surface area contributed by atoms with Crippen LogP contribution in [0.2, 0.25) is 0 Å². The zero-order chi connectivity index (χ0) is 21.2. The number of anilines is 2. The van der Waals surface area contributed by atoms with Crippen molar-refractivity contribution in [3.63, 3.8) is 0 Å². The van der Waals surface area contributed by atoms with Crippen LogP contribution < -0.4 is 4.90 Å². The topological polar surface area (TPSA) is 72.6 Å². The Kier molecular flexibility index (Phi) is 5.01. The fourth-order valence-electron chi connectivity index (χ4n) is 3.38. The number of para-hydroxylation sites is 2. The Bertz CT molecular complexity index is 1210. The number of ether oxygens (including phenoxy) is 1. The second-order valence-electron chi connectivity index (χ2n) is 6.79. The van der Waals surface area contributed by atoms with Crippen molar-refractivity contribution < 1.29 is 18.7 Å². The highest BCUT2D eigenvalue weighted by molar-refractivity contribution is 7.99. The molecule has 0 atom stereocenters. The van der Waals surface area contributed by atoms with Crippen molar-refractivity contribution in [2.75, 3.05) is 11.5 Å². The van der Waals surface area contributed by atoms with Crippen LogP contribution in [0.15, 0.2) is 99.6 Å². The molecule has 1 aromatic heterocycles. The Labute approximate surface area is 182 Å². The molecule has 0 N–H and O–H groups in total. The number of hydrogen-bond donors (Lipinski definition) is 0. The van der Waals surface area contributed by atoms with Crippen molar-refractivity contribution in [2.45, 2.75) is 9.79 Å². The number of oxazole rings is 1. The third-order valence-corrected chi connectivity index (χ3v) is 5.98. The van der Waals surface area contributed by atoms with E-state index in [-0.39, 0.29) is 12.5 Å². The summed E-state index contributed by atoms with van der Waals surface area (Å²) in [5, 5.41) is 0. The highest BCUT2D eigenvalue weighted by Crippen LogP contribution is 2.47. The molecular formula is C24H16N2O4S. The van der Waals surface area contributed by atoms with Crippen LogP contribution in [-0.2, 0) is 9.53 Å². The lowest BCUT2D eigenvalue weighted by atomic mass is 10.1. The van der Waals surface area contributed by atoms with Crippen LogP contribution in [0.1, 0.15) is 10.4 Å². The van der Waals surface area contributed by atoms with E-state index in [2.05, 4.69) is 4.98 Å². The van der Waals surface area contributed by atoms with Gasteiger partial charge in [0.05, 0.1) is 23.1 Å². The molecule has 3 aromatic carbocycles. The van der Waals surface area contributed by atoms with Crippen molar-refractivity contribution >= 4 is 35.0 Å². The summed E-state index contributed by atoms with van der Waals surface area (Å²) < 4.78 is 10.6. The van der Waals surface area contributed by atoms with E-state index in [4.69, 9.17) is 9.15 Å². The summed E-state index contributed by atoms with van der Waals surface area (Å²) in [4.78, 5) is 33.0. The van der Waals surface area contributed by atoms with Crippen molar-refractivity contribution in [1.82, 2.24) is 4.98 Å². The van der Waals surface area contributed by atoms with Crippen LogP contribution in [0.3, 0.4) is 0 Å². The van der Waals surface area contributed by atoms with Gasteiger partial charge in [0.15, 0.2) is 18.8 Å². The first-order valence-electron chi connectivity index (χ1n) is 9.55. The lowest BCUT2D eigenvalue weighted by molar-refractivity contribution is -0.121. The first kappa shape index (κ1) is 19.1. The molecule has 7 heteroatoms. The first-order valence-corrected chi connectivity index (χ1v) is 10.4. The predicted octanol–water partition coefficient (Wildman–Crippen LogP) is 5.33. The van der Waals surface area contributed by atoms with Gasteiger partial charge in [0.25, 0.3) is 5.91 Å². The summed E-state index contributed by atoms with van der Waals surface area (Å²) in [6, 6.07) is 22.1. The van der Waals surface area contributed by atoms with Crippen molar-refractivity contribution in [2.24, 2.45) is 0 Å². The van der Waals surface area contributed by atoms with Crippen LogP contribution >= 0.6 is 11.8 Å². The summed E-state index contributed by atoms with van der Waals surface area (Å²) >= 11 is 1.61. The van der Waals surface area contributed by atoms with Crippen LogP contribution in [0.5, 0.6) is 0 Å². The van der Waals surface area contributed by atoms with Gasteiger partial charge in [0.2, 0.25) is 0 Å².